The van der Waals surface area contributed by atoms with Crippen LogP contribution in [0.5, 0.6) is 0 Å². The lowest BCUT2D eigenvalue weighted by molar-refractivity contribution is 0.563. The highest BCUT2D eigenvalue weighted by atomic mass is 16.4. The fourth-order valence-electron chi connectivity index (χ4n) is 4.57. The van der Waals surface area contributed by atoms with E-state index in [1.54, 1.807) is 24.3 Å². The molecule has 1 heterocycles. The maximum absolute atomic E-state index is 13.1. The standard InChI is InChI=1S/C28H18O4/c29-27-21-11-5-6-12-22(21)28(30)32-24-16-14-18-8-2-4-10-20(18)26(24)25-19-9-3-1-7-17(19)13-15-23(25)31-27/h1,3,5-16H,2,4H2. The topological polar surface area (TPSA) is 60.4 Å². The maximum atomic E-state index is 13.1. The van der Waals surface area contributed by atoms with Crippen molar-refractivity contribution in [1.29, 1.82) is 0 Å². The zero-order valence-corrected chi connectivity index (χ0v) is 17.1. The number of benzene rings is 4. The smallest absolute Gasteiger partial charge is 0.344 e. The highest BCUT2D eigenvalue weighted by Crippen LogP contribution is 2.28. The molecule has 0 saturated carbocycles. The van der Waals surface area contributed by atoms with Crippen molar-refractivity contribution >= 4 is 55.6 Å². The molecule has 0 atom stereocenters. The molecule has 4 nitrogen and oxygen atoms in total. The number of rotatable bonds is 0. The van der Waals surface area contributed by atoms with E-state index >= 15 is 0 Å². The largest absolute Gasteiger partial charge is 0.422 e. The summed E-state index contributed by atoms with van der Waals surface area (Å²) in [5.74, 6) is 0. The molecule has 0 aliphatic heterocycles. The molecule has 1 aliphatic rings. The molecule has 0 radical (unpaired) electrons. The van der Waals surface area contributed by atoms with E-state index in [4.69, 9.17) is 8.83 Å². The number of fused-ring (bicyclic) bond motifs is 8. The Morgan fingerprint density at radius 1 is 0.562 bits per heavy atom. The van der Waals surface area contributed by atoms with Gasteiger partial charge < -0.3 is 8.83 Å². The maximum Gasteiger partial charge on any atom is 0.344 e. The Morgan fingerprint density at radius 2 is 1.16 bits per heavy atom. The Labute approximate surface area is 181 Å². The molecule has 5 aromatic rings. The minimum atomic E-state index is -0.585. The van der Waals surface area contributed by atoms with Crippen LogP contribution < -0.4 is 21.7 Å². The van der Waals surface area contributed by atoms with Gasteiger partial charge in [-0.15, -0.1) is 0 Å². The van der Waals surface area contributed by atoms with E-state index in [9.17, 15) is 9.59 Å². The molecule has 6 rings (SSSR count). The third-order valence-electron chi connectivity index (χ3n) is 6.03. The van der Waals surface area contributed by atoms with Crippen molar-refractivity contribution in [2.75, 3.05) is 0 Å². The quantitative estimate of drug-likeness (QED) is 0.366. The Hall–Kier alpha value is -4.18. The van der Waals surface area contributed by atoms with Crippen LogP contribution in [0.25, 0.3) is 55.6 Å². The molecule has 4 heteroatoms. The molecular weight excluding hydrogens is 400 g/mol. The molecule has 0 amide bonds. The van der Waals surface area contributed by atoms with Gasteiger partial charge in [-0.3, -0.25) is 0 Å². The average molecular weight is 418 g/mol. The monoisotopic (exact) mass is 418 g/mol. The van der Waals surface area contributed by atoms with Crippen LogP contribution in [0.15, 0.2) is 91.2 Å². The molecule has 0 bridgehead atoms. The highest BCUT2D eigenvalue weighted by molar-refractivity contribution is 6.17. The lowest BCUT2D eigenvalue weighted by Gasteiger charge is -2.07. The molecular formula is C28H18O4. The summed E-state index contributed by atoms with van der Waals surface area (Å²) in [5, 5.41) is 5.88. The van der Waals surface area contributed by atoms with Gasteiger partial charge in [0, 0.05) is 10.8 Å². The summed E-state index contributed by atoms with van der Waals surface area (Å²) < 4.78 is 11.9. The van der Waals surface area contributed by atoms with Crippen LogP contribution in [0.4, 0.5) is 0 Å². The second-order valence-corrected chi connectivity index (χ2v) is 7.91. The molecule has 0 saturated heterocycles. The molecule has 32 heavy (non-hydrogen) atoms. The minimum absolute atomic E-state index is 0.179. The first-order valence-electron chi connectivity index (χ1n) is 10.6. The van der Waals surface area contributed by atoms with Crippen molar-refractivity contribution in [3.05, 3.63) is 104 Å². The van der Waals surface area contributed by atoms with E-state index in [1.807, 2.05) is 48.5 Å². The van der Waals surface area contributed by atoms with E-state index in [0.29, 0.717) is 11.2 Å². The predicted octanol–water partition coefficient (Wildman–Crippen LogP) is 4.69. The van der Waals surface area contributed by atoms with Gasteiger partial charge in [-0.2, -0.15) is 0 Å². The van der Waals surface area contributed by atoms with Gasteiger partial charge in [0.25, 0.3) is 0 Å². The average Bonchev–Trinajstić information content (AvgIpc) is 2.84. The second kappa shape index (κ2) is 7.20. The Balaban J connectivity index is 2.08. The first kappa shape index (κ1) is 18.6. The molecule has 0 spiro atoms. The first-order chi connectivity index (χ1) is 15.7. The van der Waals surface area contributed by atoms with Gasteiger partial charge in [0.2, 0.25) is 0 Å². The van der Waals surface area contributed by atoms with Crippen LogP contribution in [-0.4, -0.2) is 0 Å². The molecule has 4 aromatic carbocycles. The van der Waals surface area contributed by atoms with Crippen LogP contribution >= 0.6 is 0 Å². The van der Waals surface area contributed by atoms with E-state index in [2.05, 4.69) is 12.2 Å². The lowest BCUT2D eigenvalue weighted by Crippen LogP contribution is -2.27. The third kappa shape index (κ3) is 2.84. The normalized spacial score (nSPS) is 12.9. The fourth-order valence-corrected chi connectivity index (χ4v) is 4.57. The van der Waals surface area contributed by atoms with E-state index in [1.165, 1.54) is 0 Å². The Bertz CT molecular complexity index is 1870. The Morgan fingerprint density at radius 3 is 1.91 bits per heavy atom. The van der Waals surface area contributed by atoms with Crippen molar-refractivity contribution in [3.63, 3.8) is 0 Å². The molecule has 1 aliphatic carbocycles. The molecule has 0 unspecified atom stereocenters. The van der Waals surface area contributed by atoms with Crippen LogP contribution in [0.2, 0.25) is 0 Å². The van der Waals surface area contributed by atoms with E-state index in [0.717, 1.165) is 44.8 Å². The summed E-state index contributed by atoms with van der Waals surface area (Å²) in [6.45, 7) is 0. The van der Waals surface area contributed by atoms with Crippen molar-refractivity contribution < 1.29 is 8.83 Å². The van der Waals surface area contributed by atoms with Crippen LogP contribution in [0.1, 0.15) is 12.8 Å². The van der Waals surface area contributed by atoms with Gasteiger partial charge in [0.05, 0.1) is 10.8 Å². The number of hydrogen-bond acceptors (Lipinski definition) is 4. The van der Waals surface area contributed by atoms with E-state index < -0.39 is 11.3 Å². The highest BCUT2D eigenvalue weighted by Gasteiger charge is 2.11. The zero-order chi connectivity index (χ0) is 21.7. The van der Waals surface area contributed by atoms with E-state index in [-0.39, 0.29) is 10.8 Å². The summed E-state index contributed by atoms with van der Waals surface area (Å²) in [7, 11) is 0. The summed E-state index contributed by atoms with van der Waals surface area (Å²) in [5.41, 5.74) is -0.277. The summed E-state index contributed by atoms with van der Waals surface area (Å²) in [6.07, 6.45) is 6.19. The molecule has 0 N–H and O–H groups in total. The number of hydrogen-bond donors (Lipinski definition) is 0. The second-order valence-electron chi connectivity index (χ2n) is 7.91. The third-order valence-corrected chi connectivity index (χ3v) is 6.03. The van der Waals surface area contributed by atoms with Crippen molar-refractivity contribution in [2.24, 2.45) is 0 Å². The first-order valence-corrected chi connectivity index (χ1v) is 10.6. The predicted molar refractivity (Wildman–Crippen MR) is 129 cm³/mol. The van der Waals surface area contributed by atoms with Crippen LogP contribution in [0.3, 0.4) is 0 Å². The lowest BCUT2D eigenvalue weighted by atomic mass is 9.98. The summed E-state index contributed by atoms with van der Waals surface area (Å²) in [4.78, 5) is 26.3. The van der Waals surface area contributed by atoms with Crippen molar-refractivity contribution in [3.8, 4) is 0 Å². The fraction of sp³-hybridized carbons (Fsp3) is 0.0714. The van der Waals surface area contributed by atoms with Gasteiger partial charge in [0.1, 0.15) is 11.2 Å². The van der Waals surface area contributed by atoms with Gasteiger partial charge in [-0.25, -0.2) is 9.59 Å². The SMILES string of the molecule is O=c1oc2ccc3c(c2c2c(ccc4ccccc42)oc(=O)c2ccccc12)=CCCC=3. The van der Waals surface area contributed by atoms with Gasteiger partial charge >= 0.3 is 11.3 Å². The van der Waals surface area contributed by atoms with Gasteiger partial charge in [-0.05, 0) is 58.3 Å². The molecule has 0 fully saturated rings. The van der Waals surface area contributed by atoms with Gasteiger partial charge in [-0.1, -0.05) is 60.7 Å². The summed E-state index contributed by atoms with van der Waals surface area (Å²) in [6, 6.07) is 22.1. The molecule has 1 aromatic heterocycles. The van der Waals surface area contributed by atoms with Crippen molar-refractivity contribution in [2.45, 2.75) is 12.8 Å². The molecule has 154 valence electrons. The van der Waals surface area contributed by atoms with Gasteiger partial charge in [0.15, 0.2) is 0 Å². The summed E-state index contributed by atoms with van der Waals surface area (Å²) >= 11 is 0. The Kier molecular flexibility index (Phi) is 4.18. The minimum Gasteiger partial charge on any atom is -0.422 e. The van der Waals surface area contributed by atoms with Crippen LogP contribution in [-0.2, 0) is 0 Å². The van der Waals surface area contributed by atoms with Crippen molar-refractivity contribution in [1.82, 2.24) is 0 Å². The van der Waals surface area contributed by atoms with Crippen LogP contribution in [0, 0.1) is 0 Å². The zero-order valence-electron chi connectivity index (χ0n) is 17.1.